The fourth-order valence-electron chi connectivity index (χ4n) is 1.92. The highest BCUT2D eigenvalue weighted by Crippen LogP contribution is 2.27. The predicted octanol–water partition coefficient (Wildman–Crippen LogP) is 3.07. The number of carboxylic acid groups (broad SMARTS) is 1. The molecule has 0 radical (unpaired) electrons. The number of aromatic carboxylic acids is 1. The third-order valence-corrected chi connectivity index (χ3v) is 3.32. The summed E-state index contributed by atoms with van der Waals surface area (Å²) in [5.74, 6) is -1.72. The van der Waals surface area contributed by atoms with E-state index >= 15 is 0 Å². The maximum absolute atomic E-state index is 11.9. The number of aryl methyl sites for hydroxylation is 1. The topological polar surface area (TPSA) is 95.9 Å². The average molecular weight is 336 g/mol. The Morgan fingerprint density at radius 1 is 1.26 bits per heavy atom. The molecule has 0 aliphatic heterocycles. The van der Waals surface area contributed by atoms with E-state index in [2.05, 4.69) is 5.32 Å². The zero-order valence-electron chi connectivity index (χ0n) is 12.2. The molecular formula is C16H14ClNO5. The van der Waals surface area contributed by atoms with Crippen LogP contribution in [-0.4, -0.2) is 28.7 Å². The molecule has 6 nitrogen and oxygen atoms in total. The number of aromatic hydroxyl groups is 1. The number of benzene rings is 2. The highest BCUT2D eigenvalue weighted by Gasteiger charge is 2.15. The number of para-hydroxylation sites is 1. The predicted molar refractivity (Wildman–Crippen MR) is 85.4 cm³/mol. The number of carbonyl (C=O) groups excluding carboxylic acids is 1. The van der Waals surface area contributed by atoms with Crippen molar-refractivity contribution in [1.29, 1.82) is 0 Å². The molecule has 7 heteroatoms. The number of phenols is 1. The van der Waals surface area contributed by atoms with E-state index in [0.717, 1.165) is 0 Å². The number of amides is 1. The lowest BCUT2D eigenvalue weighted by molar-refractivity contribution is -0.118. The van der Waals surface area contributed by atoms with Crippen LogP contribution in [0.5, 0.6) is 11.5 Å². The minimum absolute atomic E-state index is 0.255. The van der Waals surface area contributed by atoms with Crippen molar-refractivity contribution in [3.05, 3.63) is 52.5 Å². The van der Waals surface area contributed by atoms with Crippen LogP contribution >= 0.6 is 11.6 Å². The smallest absolute Gasteiger partial charge is 0.339 e. The van der Waals surface area contributed by atoms with Gasteiger partial charge in [-0.25, -0.2) is 4.79 Å². The van der Waals surface area contributed by atoms with Gasteiger partial charge in [0.25, 0.3) is 5.91 Å². The third kappa shape index (κ3) is 4.14. The molecule has 120 valence electrons. The first-order valence-electron chi connectivity index (χ1n) is 6.62. The van der Waals surface area contributed by atoms with Gasteiger partial charge in [-0.1, -0.05) is 23.7 Å². The molecule has 0 atom stereocenters. The van der Waals surface area contributed by atoms with Crippen LogP contribution in [-0.2, 0) is 4.79 Å². The Balaban J connectivity index is 2.06. The number of anilines is 1. The molecule has 1 amide bonds. The number of nitrogens with one attached hydrogen (secondary N) is 1. The van der Waals surface area contributed by atoms with Crippen LogP contribution in [0.1, 0.15) is 15.9 Å². The van der Waals surface area contributed by atoms with Crippen LogP contribution in [0.25, 0.3) is 0 Å². The molecule has 2 rings (SSSR count). The minimum atomic E-state index is -1.28. The van der Waals surface area contributed by atoms with E-state index in [1.807, 2.05) is 0 Å². The Kier molecular flexibility index (Phi) is 5.08. The summed E-state index contributed by atoms with van der Waals surface area (Å²) in [5, 5.41) is 21.6. The number of hydrogen-bond acceptors (Lipinski definition) is 4. The van der Waals surface area contributed by atoms with Gasteiger partial charge < -0.3 is 20.3 Å². The molecule has 0 saturated carbocycles. The molecule has 0 saturated heterocycles. The Labute approximate surface area is 137 Å². The molecule has 0 aliphatic carbocycles. The van der Waals surface area contributed by atoms with Crippen LogP contribution in [0, 0.1) is 6.92 Å². The summed E-state index contributed by atoms with van der Waals surface area (Å²) in [6.07, 6.45) is 0. The highest BCUT2D eigenvalue weighted by molar-refractivity contribution is 6.32. The molecular weight excluding hydrogens is 322 g/mol. The second kappa shape index (κ2) is 7.02. The quantitative estimate of drug-likeness (QED) is 0.730. The Hall–Kier alpha value is -2.73. The molecule has 23 heavy (non-hydrogen) atoms. The first-order chi connectivity index (χ1) is 10.9. The van der Waals surface area contributed by atoms with Crippen LogP contribution in [0.15, 0.2) is 36.4 Å². The second-order valence-corrected chi connectivity index (χ2v) is 5.17. The van der Waals surface area contributed by atoms with Gasteiger partial charge in [0, 0.05) is 5.69 Å². The second-order valence-electron chi connectivity index (χ2n) is 4.76. The molecule has 0 aliphatic rings. The van der Waals surface area contributed by atoms with Crippen molar-refractivity contribution in [3.8, 4) is 11.5 Å². The fourth-order valence-corrected chi connectivity index (χ4v) is 2.11. The monoisotopic (exact) mass is 335 g/mol. The Morgan fingerprint density at radius 2 is 1.96 bits per heavy atom. The van der Waals surface area contributed by atoms with Gasteiger partial charge in [0.05, 0.1) is 5.02 Å². The van der Waals surface area contributed by atoms with Crippen molar-refractivity contribution >= 4 is 29.2 Å². The summed E-state index contributed by atoms with van der Waals surface area (Å²) in [4.78, 5) is 22.9. The molecule has 2 aromatic carbocycles. The lowest BCUT2D eigenvalue weighted by atomic mass is 10.1. The van der Waals surface area contributed by atoms with Gasteiger partial charge in [0.1, 0.15) is 17.1 Å². The van der Waals surface area contributed by atoms with Crippen molar-refractivity contribution < 1.29 is 24.5 Å². The van der Waals surface area contributed by atoms with Gasteiger partial charge in [-0.05, 0) is 36.8 Å². The average Bonchev–Trinajstić information content (AvgIpc) is 2.49. The van der Waals surface area contributed by atoms with E-state index in [0.29, 0.717) is 16.3 Å². The molecule has 0 unspecified atom stereocenters. The highest BCUT2D eigenvalue weighted by atomic mass is 35.5. The summed E-state index contributed by atoms with van der Waals surface area (Å²) in [5.41, 5.74) is 0.310. The number of ether oxygens (including phenoxy) is 1. The lowest BCUT2D eigenvalue weighted by Gasteiger charge is -2.11. The Morgan fingerprint density at radius 3 is 2.61 bits per heavy atom. The zero-order chi connectivity index (χ0) is 17.0. The summed E-state index contributed by atoms with van der Waals surface area (Å²) in [6.45, 7) is 1.25. The van der Waals surface area contributed by atoms with Gasteiger partial charge in [-0.3, -0.25) is 4.79 Å². The number of hydrogen-bond donors (Lipinski definition) is 3. The third-order valence-electron chi connectivity index (χ3n) is 3.01. The molecule has 0 heterocycles. The van der Waals surface area contributed by atoms with Crippen molar-refractivity contribution in [2.75, 3.05) is 11.9 Å². The molecule has 3 N–H and O–H groups in total. The largest absolute Gasteiger partial charge is 0.507 e. The van der Waals surface area contributed by atoms with Crippen LogP contribution in [0.2, 0.25) is 5.02 Å². The summed E-state index contributed by atoms with van der Waals surface area (Å²) >= 11 is 5.91. The number of carbonyl (C=O) groups is 2. The van der Waals surface area contributed by atoms with E-state index in [9.17, 15) is 14.7 Å². The number of rotatable bonds is 5. The first kappa shape index (κ1) is 16.6. The number of halogens is 1. The van der Waals surface area contributed by atoms with Crippen LogP contribution in [0.3, 0.4) is 0 Å². The van der Waals surface area contributed by atoms with Crippen molar-refractivity contribution in [3.63, 3.8) is 0 Å². The van der Waals surface area contributed by atoms with Gasteiger partial charge in [-0.15, -0.1) is 0 Å². The SMILES string of the molecule is Cc1cc(NC(=O)COc2ccccc2Cl)cc(C(=O)O)c1O. The fraction of sp³-hybridized carbons (Fsp3) is 0.125. The zero-order valence-corrected chi connectivity index (χ0v) is 12.9. The molecule has 2 aromatic rings. The van der Waals surface area contributed by atoms with Gasteiger partial charge >= 0.3 is 5.97 Å². The van der Waals surface area contributed by atoms with Crippen LogP contribution < -0.4 is 10.1 Å². The lowest BCUT2D eigenvalue weighted by Crippen LogP contribution is -2.20. The van der Waals surface area contributed by atoms with E-state index < -0.39 is 11.9 Å². The minimum Gasteiger partial charge on any atom is -0.507 e. The normalized spacial score (nSPS) is 10.2. The van der Waals surface area contributed by atoms with E-state index in [1.54, 1.807) is 24.3 Å². The van der Waals surface area contributed by atoms with Gasteiger partial charge in [-0.2, -0.15) is 0 Å². The van der Waals surface area contributed by atoms with Crippen molar-refractivity contribution in [2.45, 2.75) is 6.92 Å². The van der Waals surface area contributed by atoms with Gasteiger partial charge in [0.2, 0.25) is 0 Å². The van der Waals surface area contributed by atoms with Crippen molar-refractivity contribution in [2.24, 2.45) is 0 Å². The van der Waals surface area contributed by atoms with E-state index in [-0.39, 0.29) is 23.6 Å². The maximum atomic E-state index is 11.9. The van der Waals surface area contributed by atoms with Crippen LogP contribution in [0.4, 0.5) is 5.69 Å². The molecule has 0 aromatic heterocycles. The van der Waals surface area contributed by atoms with E-state index in [1.165, 1.54) is 19.1 Å². The molecule has 0 spiro atoms. The molecule has 0 fully saturated rings. The summed E-state index contributed by atoms with van der Waals surface area (Å²) in [6, 6.07) is 9.37. The standard InChI is InChI=1S/C16H14ClNO5/c1-9-6-10(7-11(15(9)20)16(21)22)18-14(19)8-23-13-5-3-2-4-12(13)17/h2-7,20H,8H2,1H3,(H,18,19)(H,21,22). The maximum Gasteiger partial charge on any atom is 0.339 e. The van der Waals surface area contributed by atoms with Gasteiger partial charge in [0.15, 0.2) is 6.61 Å². The summed E-state index contributed by atoms with van der Waals surface area (Å²) in [7, 11) is 0. The number of carboxylic acids is 1. The summed E-state index contributed by atoms with van der Waals surface area (Å²) < 4.78 is 5.29. The van der Waals surface area contributed by atoms with E-state index in [4.69, 9.17) is 21.4 Å². The Bertz CT molecular complexity index is 760. The van der Waals surface area contributed by atoms with Crippen molar-refractivity contribution in [1.82, 2.24) is 0 Å². The first-order valence-corrected chi connectivity index (χ1v) is 7.00. The molecule has 0 bridgehead atoms.